The highest BCUT2D eigenvalue weighted by molar-refractivity contribution is 5.83. The van der Waals surface area contributed by atoms with Gasteiger partial charge in [-0.1, -0.05) is 0 Å². The third-order valence-electron chi connectivity index (χ3n) is 4.52. The van der Waals surface area contributed by atoms with E-state index in [0.717, 1.165) is 21.3 Å². The van der Waals surface area contributed by atoms with Crippen molar-refractivity contribution < 1.29 is 68.3 Å². The van der Waals surface area contributed by atoms with Crippen LogP contribution in [0.15, 0.2) is 0 Å². The van der Waals surface area contributed by atoms with Crippen LogP contribution in [-0.4, -0.2) is 120 Å². The van der Waals surface area contributed by atoms with E-state index < -0.39 is 72.7 Å². The standard InChI is InChI=1S/C15H22O14/c1-24-11(21)8-5(17)4(16)6(18)13(27-8)29-15(14(23)26-3)10(20)7(19)9(28-15)12(22)25-2/h4-10,13,16-20H,1-3H3/t4-,5-,6+,7+,8-,9-,10-,13+,15+/m0/s1. The van der Waals surface area contributed by atoms with Gasteiger partial charge in [0.25, 0.3) is 0 Å². The van der Waals surface area contributed by atoms with Gasteiger partial charge in [0.1, 0.15) is 30.5 Å². The van der Waals surface area contributed by atoms with E-state index in [1.165, 1.54) is 0 Å². The van der Waals surface area contributed by atoms with E-state index in [4.69, 9.17) is 14.2 Å². The summed E-state index contributed by atoms with van der Waals surface area (Å²) in [6.07, 6.45) is -16.1. The molecule has 2 saturated heterocycles. The maximum atomic E-state index is 12.3. The first-order chi connectivity index (χ1) is 13.5. The molecule has 2 heterocycles. The van der Waals surface area contributed by atoms with Crippen LogP contribution in [0.1, 0.15) is 0 Å². The van der Waals surface area contributed by atoms with Crippen LogP contribution >= 0.6 is 0 Å². The van der Waals surface area contributed by atoms with Crippen LogP contribution < -0.4 is 0 Å². The Balaban J connectivity index is 2.38. The van der Waals surface area contributed by atoms with Crippen molar-refractivity contribution in [1.29, 1.82) is 0 Å². The van der Waals surface area contributed by atoms with Crippen molar-refractivity contribution in [2.75, 3.05) is 21.3 Å². The molecule has 0 aromatic carbocycles. The number of methoxy groups -OCH3 is 3. The predicted octanol–water partition coefficient (Wildman–Crippen LogP) is -4.85. The summed E-state index contributed by atoms with van der Waals surface area (Å²) in [5, 5.41) is 50.4. The molecule has 2 rings (SSSR count). The quantitative estimate of drug-likeness (QED) is 0.206. The highest BCUT2D eigenvalue weighted by atomic mass is 16.8. The van der Waals surface area contributed by atoms with Gasteiger partial charge in [-0.05, 0) is 0 Å². The van der Waals surface area contributed by atoms with Gasteiger partial charge in [-0.3, -0.25) is 0 Å². The first-order valence-corrected chi connectivity index (χ1v) is 8.21. The van der Waals surface area contributed by atoms with E-state index in [1.807, 2.05) is 0 Å². The lowest BCUT2D eigenvalue weighted by Crippen LogP contribution is -2.64. The van der Waals surface area contributed by atoms with Crippen LogP contribution in [0.3, 0.4) is 0 Å². The minimum atomic E-state index is -2.92. The zero-order valence-corrected chi connectivity index (χ0v) is 15.5. The molecule has 166 valence electrons. The second-order valence-electron chi connectivity index (χ2n) is 6.19. The zero-order valence-electron chi connectivity index (χ0n) is 15.5. The number of esters is 3. The molecule has 0 aromatic rings. The van der Waals surface area contributed by atoms with E-state index in [9.17, 15) is 39.9 Å². The molecule has 9 atom stereocenters. The van der Waals surface area contributed by atoms with Gasteiger partial charge in [-0.25, -0.2) is 14.4 Å². The third-order valence-corrected chi connectivity index (χ3v) is 4.52. The first kappa shape index (κ1) is 23.4. The highest BCUT2D eigenvalue weighted by Crippen LogP contribution is 2.37. The second-order valence-corrected chi connectivity index (χ2v) is 6.19. The van der Waals surface area contributed by atoms with Gasteiger partial charge in [-0.15, -0.1) is 0 Å². The molecule has 2 fully saturated rings. The first-order valence-electron chi connectivity index (χ1n) is 8.21. The lowest BCUT2D eigenvalue weighted by molar-refractivity contribution is -0.364. The summed E-state index contributed by atoms with van der Waals surface area (Å²) in [4.78, 5) is 35.8. The number of hydrogen-bond acceptors (Lipinski definition) is 14. The molecule has 0 radical (unpaired) electrons. The zero-order chi connectivity index (χ0) is 22.1. The fourth-order valence-electron chi connectivity index (χ4n) is 2.91. The summed E-state index contributed by atoms with van der Waals surface area (Å²) in [5.74, 6) is -6.67. The predicted molar refractivity (Wildman–Crippen MR) is 83.4 cm³/mol. The summed E-state index contributed by atoms with van der Waals surface area (Å²) in [6.45, 7) is 0. The molecule has 14 heteroatoms. The molecular formula is C15H22O14. The minimum absolute atomic E-state index is 0.870. The van der Waals surface area contributed by atoms with Crippen LogP contribution in [-0.2, 0) is 42.8 Å². The van der Waals surface area contributed by atoms with Gasteiger partial charge in [0, 0.05) is 0 Å². The van der Waals surface area contributed by atoms with E-state index >= 15 is 0 Å². The molecule has 14 nitrogen and oxygen atoms in total. The van der Waals surface area contributed by atoms with Crippen molar-refractivity contribution in [3.63, 3.8) is 0 Å². The van der Waals surface area contributed by atoms with Crippen LogP contribution in [0, 0.1) is 0 Å². The molecule has 0 unspecified atom stereocenters. The van der Waals surface area contributed by atoms with Gasteiger partial charge in [0.15, 0.2) is 18.5 Å². The summed E-state index contributed by atoms with van der Waals surface area (Å²) in [6, 6.07) is 0. The van der Waals surface area contributed by atoms with Gasteiger partial charge in [-0.2, -0.15) is 0 Å². The Labute approximate surface area is 163 Å². The summed E-state index contributed by atoms with van der Waals surface area (Å²) >= 11 is 0. The van der Waals surface area contributed by atoms with Gasteiger partial charge < -0.3 is 54.0 Å². The molecule has 0 aliphatic carbocycles. The SMILES string of the molecule is COC(=O)[C@H]1O[C@](O[C@H]2O[C@H](C(=O)OC)[C@@H](O)[C@H](O)[C@H]2O)(C(=O)OC)[C@@H](O)[C@@H]1O. The maximum absolute atomic E-state index is 12.3. The molecule has 0 saturated carbocycles. The van der Waals surface area contributed by atoms with E-state index in [-0.39, 0.29) is 0 Å². The topological polar surface area (TPSA) is 208 Å². The van der Waals surface area contributed by atoms with Crippen molar-refractivity contribution >= 4 is 17.9 Å². The third kappa shape index (κ3) is 3.93. The largest absolute Gasteiger partial charge is 0.467 e. The lowest BCUT2D eigenvalue weighted by Gasteiger charge is -2.42. The molecule has 29 heavy (non-hydrogen) atoms. The van der Waals surface area contributed by atoms with Crippen LogP contribution in [0.5, 0.6) is 0 Å². The number of aliphatic hydroxyl groups is 5. The normalized spacial score (nSPS) is 42.2. The number of rotatable bonds is 5. The average Bonchev–Trinajstić information content (AvgIpc) is 2.98. The van der Waals surface area contributed by atoms with Crippen molar-refractivity contribution in [2.24, 2.45) is 0 Å². The van der Waals surface area contributed by atoms with E-state index in [0.29, 0.717) is 0 Å². The van der Waals surface area contributed by atoms with Gasteiger partial charge >= 0.3 is 23.7 Å². The molecular weight excluding hydrogens is 404 g/mol. The van der Waals surface area contributed by atoms with Crippen LogP contribution in [0.2, 0.25) is 0 Å². The second kappa shape index (κ2) is 8.85. The van der Waals surface area contributed by atoms with Crippen molar-refractivity contribution in [3.8, 4) is 0 Å². The number of ether oxygens (including phenoxy) is 6. The highest BCUT2D eigenvalue weighted by Gasteiger charge is 2.66. The Bertz CT molecular complexity index is 639. The van der Waals surface area contributed by atoms with Crippen molar-refractivity contribution in [2.45, 2.75) is 54.8 Å². The van der Waals surface area contributed by atoms with Gasteiger partial charge in [0.2, 0.25) is 0 Å². The summed E-state index contributed by atoms with van der Waals surface area (Å²) in [5.41, 5.74) is 0. The van der Waals surface area contributed by atoms with Gasteiger partial charge in [0.05, 0.1) is 21.3 Å². The number of carbonyl (C=O) groups is 3. The Morgan fingerprint density at radius 3 is 1.83 bits per heavy atom. The van der Waals surface area contributed by atoms with E-state index in [2.05, 4.69) is 14.2 Å². The van der Waals surface area contributed by atoms with Crippen molar-refractivity contribution in [3.05, 3.63) is 0 Å². The van der Waals surface area contributed by atoms with Crippen molar-refractivity contribution in [1.82, 2.24) is 0 Å². The maximum Gasteiger partial charge on any atom is 0.369 e. The molecule has 0 spiro atoms. The number of aliphatic hydroxyl groups excluding tert-OH is 5. The molecule has 0 aromatic heterocycles. The number of hydrogen-bond donors (Lipinski definition) is 5. The summed E-state index contributed by atoms with van der Waals surface area (Å²) in [7, 11) is 2.79. The average molecular weight is 426 g/mol. The fraction of sp³-hybridized carbons (Fsp3) is 0.800. The molecule has 2 aliphatic rings. The molecule has 0 amide bonds. The number of carbonyl (C=O) groups excluding carboxylic acids is 3. The van der Waals surface area contributed by atoms with Crippen LogP contribution in [0.4, 0.5) is 0 Å². The monoisotopic (exact) mass is 426 g/mol. The fourth-order valence-corrected chi connectivity index (χ4v) is 2.91. The minimum Gasteiger partial charge on any atom is -0.467 e. The lowest BCUT2D eigenvalue weighted by atomic mass is 9.98. The summed E-state index contributed by atoms with van der Waals surface area (Å²) < 4.78 is 28.7. The Morgan fingerprint density at radius 2 is 1.31 bits per heavy atom. The Hall–Kier alpha value is -1.91. The molecule has 5 N–H and O–H groups in total. The Kier molecular flexibility index (Phi) is 7.13. The van der Waals surface area contributed by atoms with E-state index in [1.54, 1.807) is 0 Å². The smallest absolute Gasteiger partial charge is 0.369 e. The molecule has 0 bridgehead atoms. The van der Waals surface area contributed by atoms with Crippen LogP contribution in [0.25, 0.3) is 0 Å². The molecule has 2 aliphatic heterocycles. The Morgan fingerprint density at radius 1 is 0.759 bits per heavy atom.